The maximum Gasteiger partial charge on any atom is 0.172 e. The van der Waals surface area contributed by atoms with E-state index in [-0.39, 0.29) is 24.0 Å². The van der Waals surface area contributed by atoms with Crippen molar-refractivity contribution < 1.29 is 14.4 Å². The van der Waals surface area contributed by atoms with Gasteiger partial charge in [-0.3, -0.25) is 5.84 Å². The number of aldehydes is 1. The van der Waals surface area contributed by atoms with Gasteiger partial charge in [0.15, 0.2) is 5.82 Å². The molecule has 0 amide bonds. The molecule has 2 unspecified atom stereocenters. The van der Waals surface area contributed by atoms with Crippen LogP contribution >= 0.6 is 11.3 Å². The maximum absolute atomic E-state index is 11.0. The summed E-state index contributed by atoms with van der Waals surface area (Å²) in [5.41, 5.74) is 5.39. The molecule has 1 aromatic carbocycles. The predicted molar refractivity (Wildman–Crippen MR) is 168 cm³/mol. The van der Waals surface area contributed by atoms with E-state index in [1.165, 1.54) is 16.0 Å². The first-order valence-corrected chi connectivity index (χ1v) is 15.8. The fourth-order valence-corrected chi connectivity index (χ4v) is 6.41. The number of piperazine rings is 1. The topological polar surface area (TPSA) is 124 Å². The molecule has 2 aliphatic rings. The Balaban J connectivity index is 0.000000208. The number of rotatable bonds is 10. The monoisotopic (exact) mass is 597 g/mol. The Kier molecular flexibility index (Phi) is 11.7. The van der Waals surface area contributed by atoms with Crippen LogP contribution in [0.25, 0.3) is 10.4 Å². The minimum atomic E-state index is -0.195. The van der Waals surface area contributed by atoms with Crippen molar-refractivity contribution in [1.29, 1.82) is 0 Å². The van der Waals surface area contributed by atoms with E-state index in [1.54, 1.807) is 11.3 Å². The van der Waals surface area contributed by atoms with Crippen LogP contribution in [0.1, 0.15) is 62.6 Å². The first-order chi connectivity index (χ1) is 20.2. The standard InChI is InChI=1S/C19H28N4OS.C12H19N3O2/c1-13-19(25-12-21-13)16-6-4-15(5-7-16)14(2)23(20)9-8-17-10-18(24)11-22(17)3;1-9(2)10(8-16)11-7-12(14-17-11)15-5-3-13-4-6-15/h4-7,12,14,17-18,24H,8-11,20H2,1-3H3;7-10,13H,3-6H2,1-2H3/t14-,17+,18?;/m0./s1. The first kappa shape index (κ1) is 32.2. The molecule has 42 heavy (non-hydrogen) atoms. The zero-order valence-corrected chi connectivity index (χ0v) is 26.4. The van der Waals surface area contributed by atoms with Crippen molar-refractivity contribution in [2.45, 2.75) is 64.6 Å². The number of aliphatic hydroxyl groups excluding tert-OH is 1. The summed E-state index contributed by atoms with van der Waals surface area (Å²) in [6, 6.07) is 11.1. The van der Waals surface area contributed by atoms with Gasteiger partial charge in [0.2, 0.25) is 0 Å². The quantitative estimate of drug-likeness (QED) is 0.180. The number of thiazole rings is 1. The van der Waals surface area contributed by atoms with Crippen LogP contribution in [0, 0.1) is 12.8 Å². The van der Waals surface area contributed by atoms with Gasteiger partial charge >= 0.3 is 0 Å². The van der Waals surface area contributed by atoms with Crippen molar-refractivity contribution in [1.82, 2.24) is 25.4 Å². The number of likely N-dealkylation sites (tertiary alicyclic amines) is 1. The van der Waals surface area contributed by atoms with Gasteiger partial charge in [0.1, 0.15) is 12.0 Å². The Morgan fingerprint density at radius 2 is 1.95 bits per heavy atom. The summed E-state index contributed by atoms with van der Waals surface area (Å²) in [7, 11) is 2.07. The van der Waals surface area contributed by atoms with Crippen molar-refractivity contribution in [3.05, 3.63) is 52.9 Å². The third-order valence-corrected chi connectivity index (χ3v) is 9.41. The molecule has 10 nitrogen and oxygen atoms in total. The minimum absolute atomic E-state index is 0.160. The smallest absolute Gasteiger partial charge is 0.172 e. The fraction of sp³-hybridized carbons (Fsp3) is 0.581. The van der Waals surface area contributed by atoms with Crippen LogP contribution in [0.3, 0.4) is 0 Å². The SMILES string of the molecule is CC(C)C(C=O)c1cc(N2CCNCC2)no1.Cc1ncsc1-c1ccc([C@H](C)N(N)CC[C@@H]2CC(O)CN2C)cc1. The second kappa shape index (κ2) is 15.2. The highest BCUT2D eigenvalue weighted by Gasteiger charge is 2.28. The van der Waals surface area contributed by atoms with E-state index in [0.717, 1.165) is 69.9 Å². The number of hydrogen-bond donors (Lipinski definition) is 3. The summed E-state index contributed by atoms with van der Waals surface area (Å²) >= 11 is 1.67. The Morgan fingerprint density at radius 1 is 1.24 bits per heavy atom. The highest BCUT2D eigenvalue weighted by molar-refractivity contribution is 7.13. The van der Waals surface area contributed by atoms with E-state index in [1.807, 2.05) is 37.4 Å². The Bertz CT molecular complexity index is 1240. The minimum Gasteiger partial charge on any atom is -0.392 e. The lowest BCUT2D eigenvalue weighted by atomic mass is 9.95. The van der Waals surface area contributed by atoms with E-state index in [2.05, 4.69) is 63.5 Å². The second-order valence-corrected chi connectivity index (χ2v) is 12.7. The number of aliphatic hydroxyl groups is 1. The van der Waals surface area contributed by atoms with Crippen LogP contribution in [0.2, 0.25) is 0 Å². The van der Waals surface area contributed by atoms with Crippen LogP contribution in [-0.4, -0.2) is 89.9 Å². The molecule has 0 saturated carbocycles. The fourth-order valence-electron chi connectivity index (χ4n) is 5.60. The molecular formula is C31H47N7O3S. The molecule has 3 aromatic rings. The normalized spacial score (nSPS) is 20.9. The number of β-amino-alcohol motifs (C(OH)–C–C–N with tert-alkyl or cyclic N) is 1. The van der Waals surface area contributed by atoms with E-state index in [0.29, 0.717) is 11.8 Å². The number of carbonyl (C=O) groups is 1. The van der Waals surface area contributed by atoms with Gasteiger partial charge in [-0.1, -0.05) is 43.3 Å². The van der Waals surface area contributed by atoms with Crippen LogP contribution in [0.15, 0.2) is 40.4 Å². The molecule has 0 bridgehead atoms. The summed E-state index contributed by atoms with van der Waals surface area (Å²) in [6.07, 6.45) is 2.57. The number of benzene rings is 1. The van der Waals surface area contributed by atoms with E-state index in [4.69, 9.17) is 10.4 Å². The third kappa shape index (κ3) is 8.24. The first-order valence-electron chi connectivity index (χ1n) is 15.0. The molecule has 4 N–H and O–H groups in total. The van der Waals surface area contributed by atoms with Gasteiger partial charge in [-0.2, -0.15) is 0 Å². The lowest BCUT2D eigenvalue weighted by Gasteiger charge is -2.27. The molecule has 2 fully saturated rings. The van der Waals surface area contributed by atoms with Gasteiger partial charge < -0.3 is 29.5 Å². The van der Waals surface area contributed by atoms with Crippen molar-refractivity contribution in [3.8, 4) is 10.4 Å². The summed E-state index contributed by atoms with van der Waals surface area (Å²) < 4.78 is 5.29. The summed E-state index contributed by atoms with van der Waals surface area (Å²) in [5.74, 6) is 7.86. The summed E-state index contributed by atoms with van der Waals surface area (Å²) in [6.45, 7) is 13.6. The number of carbonyl (C=O) groups excluding carboxylic acids is 1. The average Bonchev–Trinajstić information content (AvgIpc) is 3.72. The number of anilines is 1. The van der Waals surface area contributed by atoms with Crippen LogP contribution < -0.4 is 16.1 Å². The number of nitrogens with one attached hydrogen (secondary N) is 1. The largest absolute Gasteiger partial charge is 0.392 e. The van der Waals surface area contributed by atoms with Gasteiger partial charge in [0.05, 0.1) is 28.1 Å². The molecular weight excluding hydrogens is 550 g/mol. The van der Waals surface area contributed by atoms with E-state index in [9.17, 15) is 9.90 Å². The number of hydrazine groups is 1. The molecule has 4 heterocycles. The number of likely N-dealkylation sites (N-methyl/N-ethyl adjacent to an activating group) is 1. The zero-order valence-electron chi connectivity index (χ0n) is 25.6. The third-order valence-electron chi connectivity index (χ3n) is 8.44. The Hall–Kier alpha value is -2.67. The van der Waals surface area contributed by atoms with Gasteiger partial charge in [-0.15, -0.1) is 11.3 Å². The number of hydrogen-bond acceptors (Lipinski definition) is 11. The van der Waals surface area contributed by atoms with Gasteiger partial charge in [0, 0.05) is 57.4 Å². The highest BCUT2D eigenvalue weighted by atomic mass is 32.1. The molecule has 11 heteroatoms. The van der Waals surface area contributed by atoms with Crippen molar-refractivity contribution in [3.63, 3.8) is 0 Å². The summed E-state index contributed by atoms with van der Waals surface area (Å²) in [5, 5.41) is 19.0. The molecule has 2 saturated heterocycles. The molecule has 230 valence electrons. The number of aromatic nitrogens is 2. The summed E-state index contributed by atoms with van der Waals surface area (Å²) in [4.78, 5) is 21.0. The van der Waals surface area contributed by atoms with Gasteiger partial charge in [-0.05, 0) is 50.8 Å². The zero-order chi connectivity index (χ0) is 30.2. The Morgan fingerprint density at radius 3 is 2.52 bits per heavy atom. The van der Waals surface area contributed by atoms with Gasteiger partial charge in [-0.25, -0.2) is 9.99 Å². The lowest BCUT2D eigenvalue weighted by molar-refractivity contribution is -0.110. The maximum atomic E-state index is 11.0. The number of nitrogens with zero attached hydrogens (tertiary/aromatic N) is 5. The van der Waals surface area contributed by atoms with Crippen molar-refractivity contribution >= 4 is 23.4 Å². The highest BCUT2D eigenvalue weighted by Crippen LogP contribution is 2.29. The van der Waals surface area contributed by atoms with Gasteiger partial charge in [0.25, 0.3) is 0 Å². The Labute approximate surface area is 253 Å². The van der Waals surface area contributed by atoms with Crippen LogP contribution in [0.4, 0.5) is 5.82 Å². The lowest BCUT2D eigenvalue weighted by Crippen LogP contribution is -2.43. The van der Waals surface area contributed by atoms with E-state index >= 15 is 0 Å². The second-order valence-electron chi connectivity index (χ2n) is 11.8. The van der Waals surface area contributed by atoms with Crippen LogP contribution in [-0.2, 0) is 4.79 Å². The molecule has 4 atom stereocenters. The predicted octanol–water partition coefficient (Wildman–Crippen LogP) is 3.83. The molecule has 2 aromatic heterocycles. The van der Waals surface area contributed by atoms with Crippen LogP contribution in [0.5, 0.6) is 0 Å². The molecule has 0 spiro atoms. The molecule has 5 rings (SSSR count). The number of aryl methyl sites for hydroxylation is 1. The molecule has 0 aliphatic carbocycles. The van der Waals surface area contributed by atoms with Crippen molar-refractivity contribution in [2.75, 3.05) is 51.2 Å². The average molecular weight is 598 g/mol. The van der Waals surface area contributed by atoms with Crippen molar-refractivity contribution in [2.24, 2.45) is 11.8 Å². The molecule has 2 aliphatic heterocycles. The number of nitrogens with two attached hydrogens (primary N) is 1. The molecule has 0 radical (unpaired) electrons. The van der Waals surface area contributed by atoms with E-state index < -0.39 is 0 Å².